The predicted molar refractivity (Wildman–Crippen MR) is 646 cm³/mol. The van der Waals surface area contributed by atoms with Crippen LogP contribution < -0.4 is 16.4 Å². The van der Waals surface area contributed by atoms with Gasteiger partial charge in [0.2, 0.25) is 23.6 Å². The molecule has 28 heteroatoms. The van der Waals surface area contributed by atoms with Crippen LogP contribution in [0.2, 0.25) is 0 Å². The van der Waals surface area contributed by atoms with Crippen molar-refractivity contribution in [1.82, 2.24) is 45.5 Å². The van der Waals surface area contributed by atoms with E-state index in [1.54, 1.807) is 81.2 Å². The fraction of sp³-hybridized carbons (Fsp3) is 0.833. The molecule has 3 fully saturated rings. The van der Waals surface area contributed by atoms with Gasteiger partial charge in [-0.3, -0.25) is 33.7 Å². The molecule has 142 heavy (non-hydrogen) atoms. The summed E-state index contributed by atoms with van der Waals surface area (Å²) < 4.78 is 26.6. The van der Waals surface area contributed by atoms with Crippen LogP contribution in [0.15, 0.2) is 52.9 Å². The highest BCUT2D eigenvalue weighted by atomic mass is 32.2. The van der Waals surface area contributed by atoms with Gasteiger partial charge in [0.25, 0.3) is 0 Å². The number of allylic oxidation sites excluding steroid dienone is 1. The SMILES string of the molecule is C=C(Sc1ccccc1)C(C)C.CC(C)C(=O)NC(CS)C(=O)C(C)C.CC(C)C1CCCCCc2c1nnn2C(C)C.CC(C)CC(=S)CC(C)C.CC(C)CC(N)SC(C)C.CC(C)CCSC(C)C.CC(C)NC(=O)C(C)C.CC(C)SC1CC(=O)N(C(C)C)C1=O.CC(C)SC1C[C@H]2CC(C(C)C)[C@@H]1C2.CC(C)SCC(=O)C(C)C.CC(C)SCCS(=O)(=O)C(C)C.CC(C)c1cn(C(C)C)nn1. The summed E-state index contributed by atoms with van der Waals surface area (Å²) in [4.78, 5) is 73.2. The highest BCUT2D eigenvalue weighted by molar-refractivity contribution is 8.03. The number of aromatic nitrogens is 6. The number of sulfone groups is 1. The van der Waals surface area contributed by atoms with Crippen molar-refractivity contribution in [2.24, 2.45) is 88.6 Å². The number of carbonyl (C=O) groups is 6. The van der Waals surface area contributed by atoms with Crippen molar-refractivity contribution in [1.29, 1.82) is 0 Å². The van der Waals surface area contributed by atoms with E-state index in [4.69, 9.17) is 18.0 Å². The normalized spacial score (nSPS) is 17.0. The molecule has 6 unspecified atom stereocenters. The molecule has 2 aromatic heterocycles. The molecule has 832 valence electrons. The van der Waals surface area contributed by atoms with Gasteiger partial charge in [-0.2, -0.15) is 59.7 Å². The van der Waals surface area contributed by atoms with Gasteiger partial charge in [-0.1, -0.05) is 321 Å². The van der Waals surface area contributed by atoms with Gasteiger partial charge in [0.05, 0.1) is 50.5 Å². The van der Waals surface area contributed by atoms with Crippen LogP contribution >= 0.6 is 107 Å². The second-order valence-corrected chi connectivity index (χ2v) is 60.7. The number of nitrogens with one attached hydrogen (secondary N) is 2. The number of likely N-dealkylation sites (tertiary alicyclic amines) is 1. The van der Waals surface area contributed by atoms with Gasteiger partial charge in [-0.25, -0.2) is 17.8 Å². The number of nitrogens with two attached hydrogens (primary N) is 1. The molecule has 0 spiro atoms. The summed E-state index contributed by atoms with van der Waals surface area (Å²) in [5.74, 6) is 13.4. The van der Waals surface area contributed by atoms with Crippen LogP contribution in [0.3, 0.4) is 0 Å². The molecule has 4 aliphatic rings. The summed E-state index contributed by atoms with van der Waals surface area (Å²) in [7, 11) is -2.81. The van der Waals surface area contributed by atoms with Crippen molar-refractivity contribution in [3.8, 4) is 0 Å². The Kier molecular flexibility index (Phi) is 85.5. The molecule has 1 aromatic carbocycles. The summed E-state index contributed by atoms with van der Waals surface area (Å²) in [6, 6.07) is 11.0. The zero-order chi connectivity index (χ0) is 111. The largest absolute Gasteiger partial charge is 0.354 e. The second kappa shape index (κ2) is 82.1. The number of thiol groups is 1. The van der Waals surface area contributed by atoms with Gasteiger partial charge in [0.1, 0.15) is 5.78 Å². The summed E-state index contributed by atoms with van der Waals surface area (Å²) in [6.45, 7) is 101. The van der Waals surface area contributed by atoms with E-state index in [9.17, 15) is 37.2 Å². The minimum atomic E-state index is -2.81. The molecule has 4 amide bonds. The van der Waals surface area contributed by atoms with Crippen LogP contribution in [0.25, 0.3) is 0 Å². The summed E-state index contributed by atoms with van der Waals surface area (Å²) >= 11 is 22.2. The molecule has 4 N–H and O–H groups in total. The molecular weight excluding hydrogens is 1960 g/mol. The molecule has 0 radical (unpaired) electrons. The number of carbonyl (C=O) groups excluding carboxylic acids is 6. The molecule has 3 aliphatic carbocycles. The number of fused-ring (bicyclic) bond motifs is 3. The maximum atomic E-state index is 11.8. The van der Waals surface area contributed by atoms with E-state index < -0.39 is 15.9 Å². The first-order valence-electron chi connectivity index (χ1n) is 54.1. The molecular formula is C114H218N10O8S10. The quantitative estimate of drug-likeness (QED) is 0.0135. The molecule has 7 rings (SSSR count). The standard InChI is InChI=1S/C14H25N3.C13H24S.C11H14S.C10H17NO2S.C10H19NO2S.C9H18S.C8H15N3.C8H19NS.C8H18O2S2.C8H16OS.C8H18S.C7H15NO/c1-10(2)12-8-6-5-7-9-13-14(12)15-16-17(13)11(3)4;1-8(2)11-5-10-6-12(11)13(7-10)14-9(3)4;1-9(2)10(3)12-11-7-5-4-6-8-11;1-6(2)11-9(12)5-8(10(11)13)14-7(3)4;1-6(2)9(12)8(5-14)11-10(13)7(3)4;1-7(2)5-9(10)6-8(3)4;1-6(2)8-5-11(7(3)4)10-9-8;1-6(2)5-8(9)10-7(3)4;1-7(2)11-5-6-12(9,10)8(3)4;1-6(2)8(9)5-10-7(3)4;1-7(2)5-6-9-8(3)4;1-5(2)7(9)8-6(3)4/h10-12H,5-9H2,1-4H3;8-13H,5-7H2,1-4H3;4-9H,3H2,1-2H3;6-8H,5H2,1-4H3;6-8,14H,5H2,1-4H3,(H,11,13);7-8H,5-6H2,1-4H3;5-7H,1-4H3;6-8H,5,9H2,1-4H3;7-8H,5-6H2,1-4H3;6-7H,5H2,1-4H3;7-8H,5-6H2,1-4H3;5-6H,1-4H3,(H,8,9)/t;10-,11?,12-,13?;;;;;;;;;;/m.0........../s1. The van der Waals surface area contributed by atoms with Crippen molar-refractivity contribution in [3.05, 3.63) is 65.1 Å². The molecule has 1 saturated heterocycles. The minimum Gasteiger partial charge on any atom is -0.354 e. The Balaban J connectivity index is -0.000000483. The molecule has 1 aliphatic heterocycles. The minimum absolute atomic E-state index is 0.00670. The Morgan fingerprint density at radius 3 is 1.44 bits per heavy atom. The third-order valence-corrected chi connectivity index (χ3v) is 34.1. The van der Waals surface area contributed by atoms with Crippen LogP contribution in [0, 0.1) is 82.9 Å². The third-order valence-electron chi connectivity index (χ3n) is 22.6. The van der Waals surface area contributed by atoms with Gasteiger partial charge < -0.3 is 16.4 Å². The van der Waals surface area contributed by atoms with Crippen LogP contribution in [0.4, 0.5) is 0 Å². The first-order valence-corrected chi connectivity index (χ1v) is 63.7. The first kappa shape index (κ1) is 148. The van der Waals surface area contributed by atoms with Crippen molar-refractivity contribution >= 4 is 157 Å². The number of hydrogen-bond acceptors (Lipinski definition) is 22. The Bertz CT molecular complexity index is 3840. The lowest BCUT2D eigenvalue weighted by molar-refractivity contribution is -0.140. The molecule has 2 saturated carbocycles. The second-order valence-electron chi connectivity index (χ2n) is 45.5. The average Bonchev–Trinajstić information content (AvgIpc) is 1.64. The number of hydrogen-bond donors (Lipinski definition) is 4. The fourth-order valence-corrected chi connectivity index (χ4v) is 24.4. The first-order chi connectivity index (χ1) is 65.4. The fourth-order valence-electron chi connectivity index (χ4n) is 14.5. The van der Waals surface area contributed by atoms with Crippen molar-refractivity contribution < 1.29 is 37.2 Å². The maximum absolute atomic E-state index is 11.8. The van der Waals surface area contributed by atoms with Crippen molar-refractivity contribution in [3.63, 3.8) is 0 Å². The van der Waals surface area contributed by atoms with E-state index in [0.29, 0.717) is 91.6 Å². The Morgan fingerprint density at radius 2 is 1.08 bits per heavy atom. The van der Waals surface area contributed by atoms with E-state index in [0.717, 1.165) is 100 Å². The number of Topliss-reactive ketones (excluding diaryl/α,β-unsaturated/α-hetero) is 2. The summed E-state index contributed by atoms with van der Waals surface area (Å²) in [5, 5.41) is 27.2. The Morgan fingerprint density at radius 1 is 0.556 bits per heavy atom. The third kappa shape index (κ3) is 74.4. The molecule has 3 aromatic rings. The van der Waals surface area contributed by atoms with Crippen LogP contribution in [0.5, 0.6) is 0 Å². The van der Waals surface area contributed by atoms with Crippen LogP contribution in [-0.2, 0) is 45.0 Å². The number of amides is 4. The zero-order valence-electron chi connectivity index (χ0n) is 98.9. The van der Waals surface area contributed by atoms with Crippen molar-refractivity contribution in [2.75, 3.05) is 28.8 Å². The summed E-state index contributed by atoms with van der Waals surface area (Å²) in [6.07, 6.45) is 18.1. The average molecular weight is 2180 g/mol. The smallest absolute Gasteiger partial charge is 0.243 e. The van der Waals surface area contributed by atoms with Gasteiger partial charge >= 0.3 is 0 Å². The number of thioether (sulfide) groups is 7. The van der Waals surface area contributed by atoms with Gasteiger partial charge in [0.15, 0.2) is 15.6 Å². The van der Waals surface area contributed by atoms with Gasteiger partial charge in [-0.15, -0.1) is 33.7 Å². The predicted octanol–water partition coefficient (Wildman–Crippen LogP) is 31.3. The van der Waals surface area contributed by atoms with Crippen LogP contribution in [-0.4, -0.2) is 183 Å². The maximum Gasteiger partial charge on any atom is 0.243 e. The van der Waals surface area contributed by atoms with E-state index in [-0.39, 0.29) is 75.7 Å². The summed E-state index contributed by atoms with van der Waals surface area (Å²) in [5.41, 5.74) is 9.59. The lowest BCUT2D eigenvalue weighted by Gasteiger charge is -2.32. The monoisotopic (exact) mass is 2180 g/mol. The number of nitrogens with zero attached hydrogens (tertiary/aromatic N) is 7. The zero-order valence-corrected chi connectivity index (χ0v) is 107. The molecule has 18 nitrogen and oxygen atoms in total. The number of ketones is 2. The number of benzene rings is 1. The Hall–Kier alpha value is -2.54. The highest BCUT2D eigenvalue weighted by Crippen LogP contribution is 2.55. The highest BCUT2D eigenvalue weighted by Gasteiger charge is 2.47. The van der Waals surface area contributed by atoms with E-state index in [1.165, 1.54) is 81.7 Å². The van der Waals surface area contributed by atoms with Gasteiger partial charge in [0, 0.05) is 93.3 Å². The topological polar surface area (TPSA) is 251 Å². The van der Waals surface area contributed by atoms with E-state index in [2.05, 4.69) is 311 Å². The van der Waals surface area contributed by atoms with E-state index in [1.807, 2.05) is 112 Å². The molecule has 2 bridgehead atoms. The molecule has 8 atom stereocenters. The van der Waals surface area contributed by atoms with Crippen molar-refractivity contribution in [2.45, 2.75) is 502 Å². The number of thiocarbonyl (C=S) groups is 1. The number of imide groups is 1. The Labute approximate surface area is 916 Å². The van der Waals surface area contributed by atoms with Gasteiger partial charge in [-0.05, 0) is 252 Å². The molecule has 3 heterocycles. The number of rotatable bonds is 41. The van der Waals surface area contributed by atoms with E-state index >= 15 is 0 Å². The lowest BCUT2D eigenvalue weighted by atomic mass is 9.81. The lowest BCUT2D eigenvalue weighted by Crippen LogP contribution is -2.45. The van der Waals surface area contributed by atoms with Crippen LogP contribution in [0.1, 0.15) is 437 Å².